The van der Waals surface area contributed by atoms with Crippen LogP contribution in [0.25, 0.3) is 0 Å². The van der Waals surface area contributed by atoms with E-state index in [9.17, 15) is 0 Å². The fraction of sp³-hybridized carbons (Fsp3) is 1.00. The van der Waals surface area contributed by atoms with Gasteiger partial charge in [0, 0.05) is 6.61 Å². The van der Waals surface area contributed by atoms with Crippen molar-refractivity contribution in [2.45, 2.75) is 113 Å². The molecule has 0 aromatic carbocycles. The van der Waals surface area contributed by atoms with Crippen LogP contribution in [0, 0.1) is 5.41 Å². The molecule has 0 aliphatic heterocycles. The molecule has 0 aromatic rings. The van der Waals surface area contributed by atoms with Gasteiger partial charge >= 0.3 is 0 Å². The Morgan fingerprint density at radius 3 is 1.15 bits per heavy atom. The maximum Gasteiger partial charge on any atom is 0.190 e. The third-order valence-electron chi connectivity index (χ3n) is 8.22. The first-order chi connectivity index (χ1) is 15.8. The molecule has 0 aliphatic carbocycles. The van der Waals surface area contributed by atoms with Crippen molar-refractivity contribution in [2.24, 2.45) is 5.41 Å². The van der Waals surface area contributed by atoms with Crippen LogP contribution in [0.4, 0.5) is 0 Å². The van der Waals surface area contributed by atoms with Gasteiger partial charge in [0.15, 0.2) is 8.32 Å². The van der Waals surface area contributed by atoms with Gasteiger partial charge in [-0.25, -0.2) is 0 Å². The van der Waals surface area contributed by atoms with Gasteiger partial charge in [0.2, 0.25) is 0 Å². The van der Waals surface area contributed by atoms with Crippen LogP contribution in [0.5, 0.6) is 0 Å². The Kier molecular flexibility index (Phi) is 19.3. The highest BCUT2D eigenvalue weighted by Gasteiger charge is 2.39. The zero-order valence-corrected chi connectivity index (χ0v) is 25.5. The number of rotatable bonds is 23. The molecular formula is C28H63N3OSi. The second kappa shape index (κ2) is 19.3. The van der Waals surface area contributed by atoms with Crippen LogP contribution in [0.2, 0.25) is 18.6 Å². The maximum atomic E-state index is 6.55. The Balaban J connectivity index is 5.64. The fourth-order valence-corrected chi connectivity index (χ4v) is 9.08. The quantitative estimate of drug-likeness (QED) is 0.145. The van der Waals surface area contributed by atoms with Crippen molar-refractivity contribution in [3.63, 3.8) is 0 Å². The third-order valence-corrected chi connectivity index (χ3v) is 12.2. The van der Waals surface area contributed by atoms with E-state index in [1.54, 1.807) is 0 Å². The van der Waals surface area contributed by atoms with E-state index >= 15 is 0 Å². The Labute approximate surface area is 210 Å². The minimum Gasteiger partial charge on any atom is -0.417 e. The van der Waals surface area contributed by atoms with E-state index in [-0.39, 0.29) is 0 Å². The van der Waals surface area contributed by atoms with Gasteiger partial charge in [-0.3, -0.25) is 0 Å². The summed E-state index contributed by atoms with van der Waals surface area (Å²) in [6, 6.07) is 2.59. The zero-order valence-electron chi connectivity index (χ0n) is 24.5. The highest BCUT2D eigenvalue weighted by molar-refractivity contribution is 6.72. The lowest BCUT2D eigenvalue weighted by molar-refractivity contribution is 0.172. The van der Waals surface area contributed by atoms with Crippen molar-refractivity contribution < 1.29 is 4.43 Å². The summed E-state index contributed by atoms with van der Waals surface area (Å²) in [6.07, 6.45) is 8.11. The van der Waals surface area contributed by atoms with Gasteiger partial charge < -0.3 is 19.1 Å². The summed E-state index contributed by atoms with van der Waals surface area (Å²) in [5.74, 6) is 0. The number of nitrogens with zero attached hydrogens (tertiary/aromatic N) is 3. The highest BCUT2D eigenvalue weighted by Crippen LogP contribution is 2.44. The van der Waals surface area contributed by atoms with E-state index in [1.807, 2.05) is 0 Å². The summed E-state index contributed by atoms with van der Waals surface area (Å²) in [6.45, 7) is 32.6. The normalized spacial score (nSPS) is 14.5. The SMILES string of the molecule is CCO[Si](C)(CC)CC(CCCN(CC)CC)(CCCN(CC)CC)CCCN(CC)CC. The van der Waals surface area contributed by atoms with E-state index < -0.39 is 8.32 Å². The van der Waals surface area contributed by atoms with Gasteiger partial charge in [-0.05, 0) is 128 Å². The van der Waals surface area contributed by atoms with Crippen LogP contribution in [-0.2, 0) is 4.43 Å². The predicted octanol–water partition coefficient (Wildman–Crippen LogP) is 6.97. The van der Waals surface area contributed by atoms with E-state index in [0.29, 0.717) is 5.41 Å². The minimum absolute atomic E-state index is 0.444. The Hall–Kier alpha value is 0.0569. The molecule has 5 heteroatoms. The molecule has 4 nitrogen and oxygen atoms in total. The van der Waals surface area contributed by atoms with E-state index in [2.05, 4.69) is 76.6 Å². The van der Waals surface area contributed by atoms with Crippen LogP contribution in [0.1, 0.15) is 93.9 Å². The summed E-state index contributed by atoms with van der Waals surface area (Å²) < 4.78 is 6.55. The largest absolute Gasteiger partial charge is 0.417 e. The predicted molar refractivity (Wildman–Crippen MR) is 152 cm³/mol. The monoisotopic (exact) mass is 485 g/mol. The molecule has 33 heavy (non-hydrogen) atoms. The molecule has 0 amide bonds. The van der Waals surface area contributed by atoms with E-state index in [1.165, 1.54) is 110 Å². The summed E-state index contributed by atoms with van der Waals surface area (Å²) in [5, 5.41) is 0. The molecule has 1 unspecified atom stereocenters. The van der Waals surface area contributed by atoms with Crippen molar-refractivity contribution >= 4 is 8.32 Å². The molecule has 1 atom stereocenters. The molecule has 0 N–H and O–H groups in total. The summed E-state index contributed by atoms with van der Waals surface area (Å²) in [4.78, 5) is 7.82. The first kappa shape index (κ1) is 33.1. The molecule has 0 aromatic heterocycles. The van der Waals surface area contributed by atoms with Crippen molar-refractivity contribution in [1.29, 1.82) is 0 Å². The van der Waals surface area contributed by atoms with Crippen LogP contribution >= 0.6 is 0 Å². The lowest BCUT2D eigenvalue weighted by atomic mass is 9.76. The van der Waals surface area contributed by atoms with E-state index in [4.69, 9.17) is 4.43 Å². The Morgan fingerprint density at radius 2 is 0.909 bits per heavy atom. The first-order valence-electron chi connectivity index (χ1n) is 14.6. The zero-order chi connectivity index (χ0) is 25.2. The summed E-state index contributed by atoms with van der Waals surface area (Å²) >= 11 is 0. The van der Waals surface area contributed by atoms with Gasteiger partial charge in [-0.15, -0.1) is 0 Å². The molecule has 0 bridgehead atoms. The van der Waals surface area contributed by atoms with E-state index in [0.717, 1.165) is 6.61 Å². The summed E-state index contributed by atoms with van der Waals surface area (Å²) in [7, 11) is -1.68. The number of hydrogen-bond donors (Lipinski definition) is 0. The molecule has 0 spiro atoms. The van der Waals surface area contributed by atoms with Crippen molar-refractivity contribution in [1.82, 2.24) is 14.7 Å². The van der Waals surface area contributed by atoms with Gasteiger partial charge in [-0.1, -0.05) is 48.5 Å². The van der Waals surface area contributed by atoms with Gasteiger partial charge in [0.25, 0.3) is 0 Å². The molecule has 0 heterocycles. The average Bonchev–Trinajstić information content (AvgIpc) is 2.82. The third kappa shape index (κ3) is 13.7. The van der Waals surface area contributed by atoms with Gasteiger partial charge in [-0.2, -0.15) is 0 Å². The second-order valence-electron chi connectivity index (χ2n) is 10.3. The molecule has 0 rings (SSSR count). The average molecular weight is 486 g/mol. The molecule has 200 valence electrons. The molecule has 0 radical (unpaired) electrons. The van der Waals surface area contributed by atoms with Crippen LogP contribution in [0.15, 0.2) is 0 Å². The summed E-state index contributed by atoms with van der Waals surface area (Å²) in [5.41, 5.74) is 0.444. The standard InChI is InChI=1S/C28H63N3OSi/c1-10-29(11-2)24-18-21-28(22-19-25-30(12-3)13-4,23-20-26-31(14-5)15-6)27-33(9,17-8)32-16-7/h10-27H2,1-9H3. The Morgan fingerprint density at radius 1 is 0.576 bits per heavy atom. The topological polar surface area (TPSA) is 19.0 Å². The highest BCUT2D eigenvalue weighted by atomic mass is 28.4. The maximum absolute atomic E-state index is 6.55. The van der Waals surface area contributed by atoms with Crippen LogP contribution < -0.4 is 0 Å². The fourth-order valence-electron chi connectivity index (χ4n) is 5.71. The smallest absolute Gasteiger partial charge is 0.190 e. The van der Waals surface area contributed by atoms with Crippen LogP contribution in [0.3, 0.4) is 0 Å². The minimum atomic E-state index is -1.68. The first-order valence-corrected chi connectivity index (χ1v) is 17.4. The van der Waals surface area contributed by atoms with Crippen molar-refractivity contribution in [2.75, 3.05) is 65.5 Å². The number of hydrogen-bond acceptors (Lipinski definition) is 4. The van der Waals surface area contributed by atoms with Crippen molar-refractivity contribution in [3.8, 4) is 0 Å². The molecule has 0 saturated heterocycles. The lowest BCUT2D eigenvalue weighted by Gasteiger charge is -2.42. The second-order valence-corrected chi connectivity index (χ2v) is 14.6. The molecular weight excluding hydrogens is 422 g/mol. The van der Waals surface area contributed by atoms with Crippen LogP contribution in [-0.4, -0.2) is 88.5 Å². The van der Waals surface area contributed by atoms with Gasteiger partial charge in [0.1, 0.15) is 0 Å². The Bertz CT molecular complexity index is 393. The van der Waals surface area contributed by atoms with Crippen molar-refractivity contribution in [3.05, 3.63) is 0 Å². The molecule has 0 fully saturated rings. The molecule has 0 saturated carbocycles. The van der Waals surface area contributed by atoms with Gasteiger partial charge in [0.05, 0.1) is 0 Å². The lowest BCUT2D eigenvalue weighted by Crippen LogP contribution is -2.42. The molecule has 0 aliphatic rings.